The highest BCUT2D eigenvalue weighted by Gasteiger charge is 2.36. The number of hydrogen-bond acceptors (Lipinski definition) is 7. The molecule has 3 rings (SSSR count). The molecule has 2 aromatic rings. The number of methoxy groups -OCH3 is 1. The lowest BCUT2D eigenvalue weighted by Gasteiger charge is -2.17. The van der Waals surface area contributed by atoms with Gasteiger partial charge in [0.15, 0.2) is 6.61 Å². The molecule has 1 fully saturated rings. The van der Waals surface area contributed by atoms with Crippen molar-refractivity contribution in [2.24, 2.45) is 5.92 Å². The monoisotopic (exact) mass is 441 g/mol. The zero-order valence-corrected chi connectivity index (χ0v) is 17.7. The van der Waals surface area contributed by atoms with Crippen molar-refractivity contribution >= 4 is 34.8 Å². The van der Waals surface area contributed by atoms with Crippen LogP contribution in [-0.4, -0.2) is 43.0 Å². The smallest absolute Gasteiger partial charge is 0.311 e. The van der Waals surface area contributed by atoms with Gasteiger partial charge in [0, 0.05) is 18.7 Å². The number of anilines is 2. The lowest BCUT2D eigenvalue weighted by atomic mass is 10.1. The summed E-state index contributed by atoms with van der Waals surface area (Å²) in [6.07, 6.45) is 0.866. The van der Waals surface area contributed by atoms with Crippen molar-refractivity contribution in [2.45, 2.75) is 19.8 Å². The van der Waals surface area contributed by atoms with Crippen LogP contribution in [0.4, 0.5) is 17.1 Å². The SMILES string of the molecule is CCc1ccc(N2CC(C(=O)OCC(=O)Nc3ccc(OC)cc3[N+](=O)[O-])CC2=O)cc1. The number of carbonyl (C=O) groups is 3. The Bertz CT molecular complexity index is 1040. The normalized spacial score (nSPS) is 15.4. The highest BCUT2D eigenvalue weighted by Crippen LogP contribution is 2.29. The third-order valence-corrected chi connectivity index (χ3v) is 5.14. The summed E-state index contributed by atoms with van der Waals surface area (Å²) in [5.74, 6) is -2.04. The van der Waals surface area contributed by atoms with E-state index in [1.807, 2.05) is 31.2 Å². The maximum atomic E-state index is 12.4. The molecule has 1 atom stereocenters. The number of nitrogens with one attached hydrogen (secondary N) is 1. The number of benzene rings is 2. The van der Waals surface area contributed by atoms with Gasteiger partial charge >= 0.3 is 5.97 Å². The summed E-state index contributed by atoms with van der Waals surface area (Å²) in [5.41, 5.74) is 1.44. The van der Waals surface area contributed by atoms with Crippen LogP contribution in [0.5, 0.6) is 5.75 Å². The number of nitro groups is 1. The number of hydrogen-bond donors (Lipinski definition) is 1. The van der Waals surface area contributed by atoms with Crippen LogP contribution < -0.4 is 15.0 Å². The predicted molar refractivity (Wildman–Crippen MR) is 116 cm³/mol. The minimum absolute atomic E-state index is 0.0140. The van der Waals surface area contributed by atoms with Crippen molar-refractivity contribution in [3.05, 3.63) is 58.1 Å². The molecule has 0 saturated carbocycles. The van der Waals surface area contributed by atoms with Crippen LogP contribution in [0.3, 0.4) is 0 Å². The van der Waals surface area contributed by atoms with Crippen LogP contribution in [0.2, 0.25) is 0 Å². The second-order valence-electron chi connectivity index (χ2n) is 7.22. The summed E-state index contributed by atoms with van der Waals surface area (Å²) in [4.78, 5) is 48.9. The van der Waals surface area contributed by atoms with Gasteiger partial charge in [-0.25, -0.2) is 0 Å². The second kappa shape index (κ2) is 9.90. The van der Waals surface area contributed by atoms with Crippen molar-refractivity contribution in [2.75, 3.05) is 30.5 Å². The van der Waals surface area contributed by atoms with Crippen LogP contribution in [0.15, 0.2) is 42.5 Å². The third-order valence-electron chi connectivity index (χ3n) is 5.14. The number of nitro benzene ring substituents is 1. The van der Waals surface area contributed by atoms with Gasteiger partial charge in [0.1, 0.15) is 11.4 Å². The van der Waals surface area contributed by atoms with E-state index in [-0.39, 0.29) is 36.0 Å². The molecule has 32 heavy (non-hydrogen) atoms. The van der Waals surface area contributed by atoms with Crippen molar-refractivity contribution in [3.63, 3.8) is 0 Å². The maximum Gasteiger partial charge on any atom is 0.311 e. The van der Waals surface area contributed by atoms with E-state index >= 15 is 0 Å². The van der Waals surface area contributed by atoms with Crippen LogP contribution in [0.25, 0.3) is 0 Å². The van der Waals surface area contributed by atoms with Crippen LogP contribution in [0, 0.1) is 16.0 Å². The first-order valence-corrected chi connectivity index (χ1v) is 10.0. The molecule has 0 radical (unpaired) electrons. The first-order chi connectivity index (χ1) is 15.3. The van der Waals surface area contributed by atoms with E-state index in [1.54, 1.807) is 0 Å². The summed E-state index contributed by atoms with van der Waals surface area (Å²) in [6, 6.07) is 11.5. The average Bonchev–Trinajstić information content (AvgIpc) is 3.19. The van der Waals surface area contributed by atoms with Crippen molar-refractivity contribution in [1.29, 1.82) is 0 Å². The topological polar surface area (TPSA) is 128 Å². The zero-order valence-electron chi connectivity index (χ0n) is 17.7. The molecule has 1 aliphatic heterocycles. The molecular weight excluding hydrogens is 418 g/mol. The van der Waals surface area contributed by atoms with Crippen molar-refractivity contribution in [3.8, 4) is 5.75 Å². The minimum atomic E-state index is -0.733. The third kappa shape index (κ3) is 5.20. The van der Waals surface area contributed by atoms with Gasteiger partial charge in [-0.05, 0) is 36.2 Å². The van der Waals surface area contributed by atoms with Gasteiger partial charge in [-0.1, -0.05) is 19.1 Å². The van der Waals surface area contributed by atoms with Gasteiger partial charge in [-0.15, -0.1) is 0 Å². The fourth-order valence-corrected chi connectivity index (χ4v) is 3.36. The molecule has 168 valence electrons. The number of amides is 2. The molecule has 1 unspecified atom stereocenters. The van der Waals surface area contributed by atoms with E-state index in [4.69, 9.17) is 9.47 Å². The van der Waals surface area contributed by atoms with Crippen LogP contribution in [-0.2, 0) is 25.5 Å². The molecule has 0 bridgehead atoms. The maximum absolute atomic E-state index is 12.4. The van der Waals surface area contributed by atoms with E-state index in [2.05, 4.69) is 5.32 Å². The Morgan fingerprint density at radius 3 is 2.56 bits per heavy atom. The molecule has 2 aromatic carbocycles. The first kappa shape index (κ1) is 22.7. The summed E-state index contributed by atoms with van der Waals surface area (Å²) >= 11 is 0. The molecule has 0 spiro atoms. The van der Waals surface area contributed by atoms with Gasteiger partial charge < -0.3 is 19.7 Å². The number of carbonyl (C=O) groups excluding carboxylic acids is 3. The molecule has 2 amide bonds. The fourth-order valence-electron chi connectivity index (χ4n) is 3.36. The summed E-state index contributed by atoms with van der Waals surface area (Å²) in [7, 11) is 1.37. The minimum Gasteiger partial charge on any atom is -0.496 e. The molecule has 1 N–H and O–H groups in total. The lowest BCUT2D eigenvalue weighted by molar-refractivity contribution is -0.384. The number of ether oxygens (including phenoxy) is 2. The fraction of sp³-hybridized carbons (Fsp3) is 0.318. The van der Waals surface area contributed by atoms with Gasteiger partial charge in [0.05, 0.1) is 24.0 Å². The number of aryl methyl sites for hydroxylation is 1. The number of nitrogens with zero attached hydrogens (tertiary/aromatic N) is 2. The van der Waals surface area contributed by atoms with E-state index < -0.39 is 29.3 Å². The van der Waals surface area contributed by atoms with Crippen molar-refractivity contribution in [1.82, 2.24) is 0 Å². The van der Waals surface area contributed by atoms with E-state index in [9.17, 15) is 24.5 Å². The summed E-state index contributed by atoms with van der Waals surface area (Å²) in [5, 5.41) is 13.6. The summed E-state index contributed by atoms with van der Waals surface area (Å²) < 4.78 is 9.99. The molecule has 1 saturated heterocycles. The van der Waals surface area contributed by atoms with Gasteiger partial charge in [-0.2, -0.15) is 0 Å². The van der Waals surface area contributed by atoms with Crippen molar-refractivity contribution < 1.29 is 28.8 Å². The second-order valence-corrected chi connectivity index (χ2v) is 7.22. The Morgan fingerprint density at radius 2 is 1.94 bits per heavy atom. The average molecular weight is 441 g/mol. The molecular formula is C22H23N3O7. The van der Waals surface area contributed by atoms with Crippen LogP contribution >= 0.6 is 0 Å². The first-order valence-electron chi connectivity index (χ1n) is 10.0. The quantitative estimate of drug-likeness (QED) is 0.379. The largest absolute Gasteiger partial charge is 0.496 e. The predicted octanol–water partition coefficient (Wildman–Crippen LogP) is 2.70. The number of rotatable bonds is 8. The summed E-state index contributed by atoms with van der Waals surface area (Å²) in [6.45, 7) is 1.57. The Hall–Kier alpha value is -3.95. The lowest BCUT2D eigenvalue weighted by Crippen LogP contribution is -2.28. The van der Waals surface area contributed by atoms with E-state index in [0.29, 0.717) is 5.69 Å². The van der Waals surface area contributed by atoms with Gasteiger partial charge in [-0.3, -0.25) is 24.5 Å². The highest BCUT2D eigenvalue weighted by molar-refractivity contribution is 6.00. The Labute approximate surface area is 184 Å². The van der Waals surface area contributed by atoms with Gasteiger partial charge in [0.25, 0.3) is 11.6 Å². The highest BCUT2D eigenvalue weighted by atomic mass is 16.6. The Balaban J connectivity index is 1.56. The molecule has 1 heterocycles. The Kier molecular flexibility index (Phi) is 7.04. The van der Waals surface area contributed by atoms with Gasteiger partial charge in [0.2, 0.25) is 5.91 Å². The number of esters is 1. The zero-order chi connectivity index (χ0) is 23.3. The molecule has 10 nitrogen and oxygen atoms in total. The molecule has 0 aliphatic carbocycles. The van der Waals surface area contributed by atoms with E-state index in [0.717, 1.165) is 12.0 Å². The Morgan fingerprint density at radius 1 is 1.22 bits per heavy atom. The van der Waals surface area contributed by atoms with Crippen LogP contribution in [0.1, 0.15) is 18.9 Å². The molecule has 10 heteroatoms. The standard InChI is InChI=1S/C22H23N3O7/c1-3-14-4-6-16(7-5-14)24-12-15(10-21(24)27)22(28)32-13-20(26)23-18-9-8-17(31-2)11-19(18)25(29)30/h4-9,11,15H,3,10,12-13H2,1-2H3,(H,23,26). The van der Waals surface area contributed by atoms with E-state index in [1.165, 1.54) is 30.2 Å². The molecule has 0 aromatic heterocycles. The molecule has 1 aliphatic rings.